The molecule has 0 saturated heterocycles. The van der Waals surface area contributed by atoms with Crippen molar-refractivity contribution in [3.63, 3.8) is 0 Å². The molecule has 76 valence electrons. The molecule has 0 aromatic carbocycles. The first-order valence-corrected chi connectivity index (χ1v) is 6.02. The van der Waals surface area contributed by atoms with Crippen LogP contribution in [0.2, 0.25) is 0 Å². The molecule has 13 heavy (non-hydrogen) atoms. The van der Waals surface area contributed by atoms with E-state index >= 15 is 0 Å². The van der Waals surface area contributed by atoms with Crippen molar-refractivity contribution in [1.29, 1.82) is 5.26 Å². The maximum Gasteiger partial charge on any atom is 0.0638 e. The second-order valence-electron chi connectivity index (χ2n) is 3.24. The van der Waals surface area contributed by atoms with Crippen LogP contribution in [0.15, 0.2) is 0 Å². The average Bonchev–Trinajstić information content (AvgIpc) is 2.12. The molecule has 2 nitrogen and oxygen atoms in total. The fourth-order valence-corrected chi connectivity index (χ4v) is 1.69. The molecule has 0 aliphatic carbocycles. The second-order valence-corrected chi connectivity index (χ2v) is 4.64. The predicted molar refractivity (Wildman–Crippen MR) is 59.9 cm³/mol. The van der Waals surface area contributed by atoms with Gasteiger partial charge in [-0.1, -0.05) is 6.92 Å². The van der Waals surface area contributed by atoms with Crippen molar-refractivity contribution < 1.29 is 0 Å². The van der Waals surface area contributed by atoms with Crippen LogP contribution in [0.25, 0.3) is 0 Å². The molecule has 3 heteroatoms. The second kappa shape index (κ2) is 8.40. The van der Waals surface area contributed by atoms with E-state index in [0.29, 0.717) is 12.5 Å². The molecule has 0 aromatic rings. The van der Waals surface area contributed by atoms with E-state index in [2.05, 4.69) is 31.9 Å². The van der Waals surface area contributed by atoms with Crippen molar-refractivity contribution >= 4 is 11.8 Å². The van der Waals surface area contributed by atoms with Gasteiger partial charge < -0.3 is 4.90 Å². The number of nitriles is 1. The molecule has 1 unspecified atom stereocenters. The molecule has 0 saturated carbocycles. The van der Waals surface area contributed by atoms with Crippen molar-refractivity contribution in [2.45, 2.75) is 32.7 Å². The maximum atomic E-state index is 8.51. The van der Waals surface area contributed by atoms with Crippen LogP contribution in [-0.2, 0) is 0 Å². The van der Waals surface area contributed by atoms with Gasteiger partial charge in [0.15, 0.2) is 0 Å². The summed E-state index contributed by atoms with van der Waals surface area (Å²) in [5, 5.41) is 8.51. The third-order valence-electron chi connectivity index (χ3n) is 2.14. The van der Waals surface area contributed by atoms with Crippen LogP contribution < -0.4 is 0 Å². The van der Waals surface area contributed by atoms with Crippen molar-refractivity contribution in [3.05, 3.63) is 0 Å². The van der Waals surface area contributed by atoms with E-state index in [9.17, 15) is 0 Å². The minimum Gasteiger partial charge on any atom is -0.303 e. The lowest BCUT2D eigenvalue weighted by Crippen LogP contribution is -2.29. The number of rotatable bonds is 7. The SMILES string of the molecule is CCSCCCN(C)C(C)CC#N. The Balaban J connectivity index is 3.39. The summed E-state index contributed by atoms with van der Waals surface area (Å²) < 4.78 is 0. The lowest BCUT2D eigenvalue weighted by atomic mass is 10.2. The Hall–Kier alpha value is -0.200. The number of nitrogens with zero attached hydrogens (tertiary/aromatic N) is 2. The summed E-state index contributed by atoms with van der Waals surface area (Å²) in [5.74, 6) is 2.44. The standard InChI is InChI=1S/C10H20N2S/c1-4-13-9-5-8-12(3)10(2)6-7-11/h10H,4-6,8-9H2,1-3H3. The molecule has 0 rings (SSSR count). The first-order valence-electron chi connectivity index (χ1n) is 4.87. The maximum absolute atomic E-state index is 8.51. The van der Waals surface area contributed by atoms with Crippen molar-refractivity contribution in [1.82, 2.24) is 4.90 Å². The summed E-state index contributed by atoms with van der Waals surface area (Å²) in [6, 6.07) is 2.60. The minimum absolute atomic E-state index is 0.400. The van der Waals surface area contributed by atoms with Gasteiger partial charge in [-0.2, -0.15) is 17.0 Å². The Bertz CT molecular complexity index is 153. The highest BCUT2D eigenvalue weighted by atomic mass is 32.2. The van der Waals surface area contributed by atoms with Gasteiger partial charge in [0, 0.05) is 6.04 Å². The van der Waals surface area contributed by atoms with Crippen LogP contribution in [0.3, 0.4) is 0 Å². The average molecular weight is 200 g/mol. The first-order chi connectivity index (χ1) is 6.22. The third kappa shape index (κ3) is 6.92. The Kier molecular flexibility index (Phi) is 8.27. The molecular weight excluding hydrogens is 180 g/mol. The van der Waals surface area contributed by atoms with Gasteiger partial charge >= 0.3 is 0 Å². The van der Waals surface area contributed by atoms with Crippen LogP contribution in [0.4, 0.5) is 0 Å². The van der Waals surface area contributed by atoms with Crippen LogP contribution in [0, 0.1) is 11.3 Å². The summed E-state index contributed by atoms with van der Waals surface area (Å²) in [4.78, 5) is 2.26. The van der Waals surface area contributed by atoms with Gasteiger partial charge in [-0.25, -0.2) is 0 Å². The summed E-state index contributed by atoms with van der Waals surface area (Å²) in [5.41, 5.74) is 0. The molecule has 0 aromatic heterocycles. The highest BCUT2D eigenvalue weighted by molar-refractivity contribution is 7.99. The summed E-state index contributed by atoms with van der Waals surface area (Å²) in [6.07, 6.45) is 1.86. The molecular formula is C10H20N2S. The van der Waals surface area contributed by atoms with E-state index in [4.69, 9.17) is 5.26 Å². The summed E-state index contributed by atoms with van der Waals surface area (Å²) in [7, 11) is 2.10. The minimum atomic E-state index is 0.400. The van der Waals surface area contributed by atoms with E-state index in [-0.39, 0.29) is 0 Å². The van der Waals surface area contributed by atoms with Gasteiger partial charge in [-0.15, -0.1) is 0 Å². The fourth-order valence-electron chi connectivity index (χ4n) is 1.07. The number of thioether (sulfide) groups is 1. The lowest BCUT2D eigenvalue weighted by molar-refractivity contribution is 0.262. The largest absolute Gasteiger partial charge is 0.303 e. The molecule has 1 atom stereocenters. The molecule has 0 aliphatic rings. The smallest absolute Gasteiger partial charge is 0.0638 e. The zero-order chi connectivity index (χ0) is 10.1. The molecule has 0 aliphatic heterocycles. The molecule has 0 radical (unpaired) electrons. The van der Waals surface area contributed by atoms with Crippen LogP contribution in [0.1, 0.15) is 26.7 Å². The summed E-state index contributed by atoms with van der Waals surface area (Å²) in [6.45, 7) is 5.40. The fraction of sp³-hybridized carbons (Fsp3) is 0.900. The van der Waals surface area contributed by atoms with E-state index in [0.717, 1.165) is 6.54 Å². The van der Waals surface area contributed by atoms with Crippen LogP contribution >= 0.6 is 11.8 Å². The Morgan fingerprint density at radius 2 is 2.23 bits per heavy atom. The molecule has 0 amide bonds. The van der Waals surface area contributed by atoms with Gasteiger partial charge in [0.05, 0.1) is 12.5 Å². The first kappa shape index (κ1) is 12.8. The van der Waals surface area contributed by atoms with Crippen molar-refractivity contribution in [2.24, 2.45) is 0 Å². The van der Waals surface area contributed by atoms with Crippen molar-refractivity contribution in [2.75, 3.05) is 25.1 Å². The van der Waals surface area contributed by atoms with E-state index < -0.39 is 0 Å². The zero-order valence-electron chi connectivity index (χ0n) is 8.92. The van der Waals surface area contributed by atoms with Crippen LogP contribution in [-0.4, -0.2) is 36.0 Å². The van der Waals surface area contributed by atoms with Gasteiger partial charge in [0.25, 0.3) is 0 Å². The van der Waals surface area contributed by atoms with Crippen LogP contribution in [0.5, 0.6) is 0 Å². The highest BCUT2D eigenvalue weighted by Gasteiger charge is 2.06. The van der Waals surface area contributed by atoms with Crippen molar-refractivity contribution in [3.8, 4) is 6.07 Å². The molecule has 0 spiro atoms. The van der Waals surface area contributed by atoms with E-state index in [1.54, 1.807) is 0 Å². The van der Waals surface area contributed by atoms with Gasteiger partial charge in [-0.05, 0) is 38.4 Å². The number of hydrogen-bond donors (Lipinski definition) is 0. The van der Waals surface area contributed by atoms with Gasteiger partial charge in [-0.3, -0.25) is 0 Å². The van der Waals surface area contributed by atoms with E-state index in [1.165, 1.54) is 17.9 Å². The topological polar surface area (TPSA) is 27.0 Å². The zero-order valence-corrected chi connectivity index (χ0v) is 9.73. The Morgan fingerprint density at radius 3 is 2.77 bits per heavy atom. The Morgan fingerprint density at radius 1 is 1.54 bits per heavy atom. The van der Waals surface area contributed by atoms with Gasteiger partial charge in [0.2, 0.25) is 0 Å². The van der Waals surface area contributed by atoms with E-state index in [1.807, 2.05) is 11.8 Å². The normalized spacial score (nSPS) is 12.8. The molecule has 0 fully saturated rings. The Labute approximate surface area is 86.3 Å². The summed E-state index contributed by atoms with van der Waals surface area (Å²) >= 11 is 1.98. The predicted octanol–water partition coefficient (Wildman–Crippen LogP) is 2.36. The molecule has 0 heterocycles. The highest BCUT2D eigenvalue weighted by Crippen LogP contribution is 2.05. The lowest BCUT2D eigenvalue weighted by Gasteiger charge is -2.22. The quantitative estimate of drug-likeness (QED) is 0.590. The molecule has 0 N–H and O–H groups in total. The van der Waals surface area contributed by atoms with Gasteiger partial charge in [0.1, 0.15) is 0 Å². The monoisotopic (exact) mass is 200 g/mol. The third-order valence-corrected chi connectivity index (χ3v) is 3.13. The number of hydrogen-bond acceptors (Lipinski definition) is 3. The molecule has 0 bridgehead atoms.